The van der Waals surface area contributed by atoms with Gasteiger partial charge in [0.05, 0.1) is 11.9 Å². The van der Waals surface area contributed by atoms with Gasteiger partial charge in [0.2, 0.25) is 10.0 Å². The molecule has 6 nitrogen and oxygen atoms in total. The maximum absolute atomic E-state index is 12.0. The molecule has 1 heterocycles. The van der Waals surface area contributed by atoms with Crippen molar-refractivity contribution in [1.82, 2.24) is 19.8 Å². The van der Waals surface area contributed by atoms with Crippen LogP contribution in [0.1, 0.15) is 25.8 Å². The van der Waals surface area contributed by atoms with Crippen molar-refractivity contribution in [1.29, 1.82) is 0 Å². The average molecular weight is 274 g/mol. The molecule has 2 N–H and O–H groups in total. The van der Waals surface area contributed by atoms with Gasteiger partial charge < -0.3 is 5.32 Å². The molecule has 0 aliphatic carbocycles. The van der Waals surface area contributed by atoms with Gasteiger partial charge in [0.1, 0.15) is 0 Å². The largest absolute Gasteiger partial charge is 0.314 e. The number of H-pyrrole nitrogens is 1. The van der Waals surface area contributed by atoms with Crippen LogP contribution in [0.2, 0.25) is 0 Å². The molecule has 7 heteroatoms. The predicted molar refractivity (Wildman–Crippen MR) is 71.6 cm³/mol. The second kappa shape index (κ2) is 6.86. The molecule has 1 aromatic rings. The lowest BCUT2D eigenvalue weighted by Crippen LogP contribution is -2.31. The number of hydrogen-bond acceptors (Lipinski definition) is 4. The van der Waals surface area contributed by atoms with Crippen molar-refractivity contribution in [3.63, 3.8) is 0 Å². The number of sulfonamides is 1. The van der Waals surface area contributed by atoms with E-state index in [2.05, 4.69) is 15.5 Å². The van der Waals surface area contributed by atoms with Crippen molar-refractivity contribution >= 4 is 10.0 Å². The topological polar surface area (TPSA) is 78.1 Å². The van der Waals surface area contributed by atoms with Gasteiger partial charge in [-0.1, -0.05) is 13.8 Å². The fourth-order valence-corrected chi connectivity index (χ4v) is 2.69. The van der Waals surface area contributed by atoms with Crippen LogP contribution in [0.5, 0.6) is 0 Å². The summed E-state index contributed by atoms with van der Waals surface area (Å²) in [4.78, 5) is 0. The van der Waals surface area contributed by atoms with Crippen LogP contribution in [0.4, 0.5) is 0 Å². The Kier molecular flexibility index (Phi) is 5.77. The smallest absolute Gasteiger partial charge is 0.214 e. The van der Waals surface area contributed by atoms with E-state index < -0.39 is 10.0 Å². The lowest BCUT2D eigenvalue weighted by Gasteiger charge is -2.16. The average Bonchev–Trinajstić information content (AvgIpc) is 2.77. The molecule has 0 radical (unpaired) electrons. The Hall–Kier alpha value is -0.920. The van der Waals surface area contributed by atoms with Gasteiger partial charge in [-0.3, -0.25) is 5.10 Å². The van der Waals surface area contributed by atoms with Crippen LogP contribution in [0, 0.1) is 0 Å². The molecule has 0 saturated heterocycles. The highest BCUT2D eigenvalue weighted by Crippen LogP contribution is 2.06. The fraction of sp³-hybridized carbons (Fsp3) is 0.727. The van der Waals surface area contributed by atoms with Crippen LogP contribution in [0.15, 0.2) is 12.4 Å². The number of aromatic amines is 1. The Bertz CT molecular complexity index is 428. The van der Waals surface area contributed by atoms with E-state index in [0.29, 0.717) is 19.0 Å². The van der Waals surface area contributed by atoms with Crippen LogP contribution in [-0.4, -0.2) is 48.3 Å². The monoisotopic (exact) mass is 274 g/mol. The van der Waals surface area contributed by atoms with Gasteiger partial charge in [0.25, 0.3) is 0 Å². The van der Waals surface area contributed by atoms with E-state index in [-0.39, 0.29) is 5.75 Å². The summed E-state index contributed by atoms with van der Waals surface area (Å²) >= 11 is 0. The van der Waals surface area contributed by atoms with Gasteiger partial charge >= 0.3 is 0 Å². The van der Waals surface area contributed by atoms with Gasteiger partial charge in [0.15, 0.2) is 0 Å². The SMILES string of the molecule is CC(C)NCCCS(=O)(=O)N(C)Cc1cn[nH]c1. The maximum Gasteiger partial charge on any atom is 0.214 e. The van der Waals surface area contributed by atoms with Crippen molar-refractivity contribution in [2.45, 2.75) is 32.9 Å². The summed E-state index contributed by atoms with van der Waals surface area (Å²) in [5.74, 6) is 0.168. The quantitative estimate of drug-likeness (QED) is 0.679. The van der Waals surface area contributed by atoms with E-state index in [0.717, 1.165) is 12.1 Å². The van der Waals surface area contributed by atoms with Crippen molar-refractivity contribution < 1.29 is 8.42 Å². The van der Waals surface area contributed by atoms with Crippen LogP contribution in [0.3, 0.4) is 0 Å². The Labute approximate surface area is 109 Å². The summed E-state index contributed by atoms with van der Waals surface area (Å²) in [7, 11) is -1.59. The van der Waals surface area contributed by atoms with Crippen molar-refractivity contribution in [2.24, 2.45) is 0 Å². The van der Waals surface area contributed by atoms with E-state index in [1.54, 1.807) is 19.4 Å². The van der Waals surface area contributed by atoms with Crippen molar-refractivity contribution in [2.75, 3.05) is 19.3 Å². The van der Waals surface area contributed by atoms with Gasteiger partial charge in [0, 0.05) is 31.4 Å². The van der Waals surface area contributed by atoms with Crippen molar-refractivity contribution in [3.05, 3.63) is 18.0 Å². The zero-order valence-corrected chi connectivity index (χ0v) is 12.0. The number of nitrogens with one attached hydrogen (secondary N) is 2. The highest BCUT2D eigenvalue weighted by atomic mass is 32.2. The third-order valence-electron chi connectivity index (χ3n) is 2.57. The highest BCUT2D eigenvalue weighted by molar-refractivity contribution is 7.89. The number of aromatic nitrogens is 2. The minimum absolute atomic E-state index is 0.168. The first-order valence-electron chi connectivity index (χ1n) is 6.07. The molecular formula is C11H22N4O2S. The number of rotatable bonds is 8. The maximum atomic E-state index is 12.0. The zero-order valence-electron chi connectivity index (χ0n) is 11.2. The van der Waals surface area contributed by atoms with E-state index in [1.165, 1.54) is 4.31 Å². The van der Waals surface area contributed by atoms with Gasteiger partial charge in [-0.25, -0.2) is 12.7 Å². The van der Waals surface area contributed by atoms with Crippen LogP contribution in [-0.2, 0) is 16.6 Å². The molecule has 0 bridgehead atoms. The summed E-state index contributed by atoms with van der Waals surface area (Å²) in [6.07, 6.45) is 3.95. The summed E-state index contributed by atoms with van der Waals surface area (Å²) in [6, 6.07) is 0.386. The Morgan fingerprint density at radius 2 is 2.22 bits per heavy atom. The minimum atomic E-state index is -3.18. The fourth-order valence-electron chi connectivity index (χ4n) is 1.52. The third kappa shape index (κ3) is 5.16. The summed E-state index contributed by atoms with van der Waals surface area (Å²) in [5.41, 5.74) is 0.862. The molecule has 0 spiro atoms. The molecule has 0 saturated carbocycles. The number of hydrogen-bond donors (Lipinski definition) is 2. The lowest BCUT2D eigenvalue weighted by atomic mass is 10.4. The molecule has 0 aliphatic heterocycles. The molecule has 0 fully saturated rings. The molecule has 0 unspecified atom stereocenters. The molecular weight excluding hydrogens is 252 g/mol. The first-order valence-corrected chi connectivity index (χ1v) is 7.68. The molecule has 1 rings (SSSR count). The summed E-state index contributed by atoms with van der Waals surface area (Å²) in [6.45, 7) is 5.16. The first-order chi connectivity index (χ1) is 8.42. The Morgan fingerprint density at radius 3 is 2.78 bits per heavy atom. The Morgan fingerprint density at radius 1 is 1.50 bits per heavy atom. The zero-order chi connectivity index (χ0) is 13.6. The van der Waals surface area contributed by atoms with Gasteiger partial charge in [-0.15, -0.1) is 0 Å². The molecule has 0 aromatic carbocycles. The first kappa shape index (κ1) is 15.1. The minimum Gasteiger partial charge on any atom is -0.314 e. The highest BCUT2D eigenvalue weighted by Gasteiger charge is 2.17. The standard InChI is InChI=1S/C11H22N4O2S/c1-10(2)12-5-4-6-18(16,17)15(3)9-11-7-13-14-8-11/h7-8,10,12H,4-6,9H2,1-3H3,(H,13,14). The van der Waals surface area contributed by atoms with Crippen LogP contribution in [0.25, 0.3) is 0 Å². The molecule has 0 aliphatic rings. The van der Waals surface area contributed by atoms with Crippen molar-refractivity contribution in [3.8, 4) is 0 Å². The van der Waals surface area contributed by atoms with Gasteiger partial charge in [-0.2, -0.15) is 5.10 Å². The van der Waals surface area contributed by atoms with E-state index in [1.807, 2.05) is 13.8 Å². The molecule has 0 amide bonds. The predicted octanol–water partition coefficient (Wildman–Crippen LogP) is 0.559. The summed E-state index contributed by atoms with van der Waals surface area (Å²) < 4.78 is 25.3. The van der Waals surface area contributed by atoms with Crippen LogP contribution >= 0.6 is 0 Å². The van der Waals surface area contributed by atoms with E-state index in [4.69, 9.17) is 0 Å². The number of nitrogens with zero attached hydrogens (tertiary/aromatic N) is 2. The lowest BCUT2D eigenvalue weighted by molar-refractivity contribution is 0.463. The molecule has 104 valence electrons. The summed E-state index contributed by atoms with van der Waals surface area (Å²) in [5, 5.41) is 9.67. The normalized spacial score (nSPS) is 12.5. The van der Waals surface area contributed by atoms with Gasteiger partial charge in [-0.05, 0) is 13.0 Å². The van der Waals surface area contributed by atoms with E-state index in [9.17, 15) is 8.42 Å². The molecule has 18 heavy (non-hydrogen) atoms. The molecule has 0 atom stereocenters. The van der Waals surface area contributed by atoms with Crippen LogP contribution < -0.4 is 5.32 Å². The third-order valence-corrected chi connectivity index (χ3v) is 4.45. The van der Waals surface area contributed by atoms with E-state index >= 15 is 0 Å². The Balaban J connectivity index is 2.38. The second-order valence-corrected chi connectivity index (χ2v) is 6.84. The molecule has 1 aromatic heterocycles. The second-order valence-electron chi connectivity index (χ2n) is 4.64.